The quantitative estimate of drug-likeness (QED) is 0.726. The third-order valence-electron chi connectivity index (χ3n) is 2.31. The van der Waals surface area contributed by atoms with Crippen molar-refractivity contribution in [2.45, 2.75) is 13.8 Å². The monoisotopic (exact) mass is 218 g/mol. The van der Waals surface area contributed by atoms with Gasteiger partial charge in [0.05, 0.1) is 16.9 Å². The zero-order valence-corrected chi connectivity index (χ0v) is 9.07. The van der Waals surface area contributed by atoms with Crippen molar-refractivity contribution < 1.29 is 9.18 Å². The molecule has 0 atom stereocenters. The SMILES string of the molecule is CC(=O)c1c(F)cccc1-n1ccc(C)n1. The smallest absolute Gasteiger partial charge is 0.164 e. The van der Waals surface area contributed by atoms with Gasteiger partial charge in [-0.3, -0.25) is 4.79 Å². The maximum absolute atomic E-state index is 13.5. The van der Waals surface area contributed by atoms with Crippen LogP contribution in [0.3, 0.4) is 0 Å². The van der Waals surface area contributed by atoms with Gasteiger partial charge >= 0.3 is 0 Å². The first kappa shape index (κ1) is 10.5. The lowest BCUT2D eigenvalue weighted by Gasteiger charge is -2.07. The van der Waals surface area contributed by atoms with E-state index in [2.05, 4.69) is 5.10 Å². The molecule has 0 bridgehead atoms. The minimum Gasteiger partial charge on any atom is -0.294 e. The normalized spacial score (nSPS) is 10.4. The molecule has 16 heavy (non-hydrogen) atoms. The first-order valence-electron chi connectivity index (χ1n) is 4.91. The second kappa shape index (κ2) is 3.89. The lowest BCUT2D eigenvalue weighted by atomic mass is 10.1. The van der Waals surface area contributed by atoms with E-state index >= 15 is 0 Å². The summed E-state index contributed by atoms with van der Waals surface area (Å²) in [6.07, 6.45) is 1.70. The molecule has 0 aliphatic carbocycles. The predicted molar refractivity (Wildman–Crippen MR) is 58.3 cm³/mol. The number of hydrogen-bond donors (Lipinski definition) is 0. The molecule has 0 aliphatic heterocycles. The summed E-state index contributed by atoms with van der Waals surface area (Å²) in [4.78, 5) is 11.4. The summed E-state index contributed by atoms with van der Waals surface area (Å²) in [6.45, 7) is 3.18. The number of rotatable bonds is 2. The van der Waals surface area contributed by atoms with E-state index in [0.29, 0.717) is 5.69 Å². The van der Waals surface area contributed by atoms with Gasteiger partial charge in [-0.2, -0.15) is 5.10 Å². The molecule has 3 nitrogen and oxygen atoms in total. The van der Waals surface area contributed by atoms with Crippen molar-refractivity contribution >= 4 is 5.78 Å². The molecule has 0 unspecified atom stereocenters. The molecule has 0 aliphatic rings. The first-order chi connectivity index (χ1) is 7.59. The van der Waals surface area contributed by atoms with E-state index in [0.717, 1.165) is 5.69 Å². The van der Waals surface area contributed by atoms with E-state index in [1.54, 1.807) is 24.4 Å². The molecule has 0 N–H and O–H groups in total. The molecular formula is C12H11FN2O. The van der Waals surface area contributed by atoms with Gasteiger partial charge in [0.1, 0.15) is 5.82 Å². The van der Waals surface area contributed by atoms with Crippen LogP contribution in [0.5, 0.6) is 0 Å². The Balaban J connectivity index is 2.65. The van der Waals surface area contributed by atoms with Crippen molar-refractivity contribution in [2.24, 2.45) is 0 Å². The summed E-state index contributed by atoms with van der Waals surface area (Å²) in [6, 6.07) is 6.31. The Kier molecular flexibility index (Phi) is 2.56. The van der Waals surface area contributed by atoms with Crippen molar-refractivity contribution in [3.8, 4) is 5.69 Å². The van der Waals surface area contributed by atoms with Gasteiger partial charge in [0.2, 0.25) is 0 Å². The fourth-order valence-corrected chi connectivity index (χ4v) is 1.60. The summed E-state index contributed by atoms with van der Waals surface area (Å²) in [5, 5.41) is 4.16. The van der Waals surface area contributed by atoms with E-state index < -0.39 is 5.82 Å². The highest BCUT2D eigenvalue weighted by molar-refractivity contribution is 5.97. The molecule has 1 aromatic heterocycles. The van der Waals surface area contributed by atoms with Gasteiger partial charge in [-0.1, -0.05) is 6.07 Å². The molecular weight excluding hydrogens is 207 g/mol. The van der Waals surface area contributed by atoms with Crippen molar-refractivity contribution in [3.63, 3.8) is 0 Å². The second-order valence-electron chi connectivity index (χ2n) is 3.59. The summed E-state index contributed by atoms with van der Waals surface area (Å²) < 4.78 is 15.0. The van der Waals surface area contributed by atoms with Gasteiger partial charge in [0.15, 0.2) is 5.78 Å². The number of hydrogen-bond acceptors (Lipinski definition) is 2. The number of aromatic nitrogens is 2. The van der Waals surface area contributed by atoms with Crippen LogP contribution in [0.1, 0.15) is 23.0 Å². The topological polar surface area (TPSA) is 34.9 Å². The van der Waals surface area contributed by atoms with E-state index in [1.165, 1.54) is 17.7 Å². The molecule has 0 radical (unpaired) electrons. The molecule has 1 heterocycles. The molecule has 1 aromatic carbocycles. The van der Waals surface area contributed by atoms with Gasteiger partial charge < -0.3 is 0 Å². The van der Waals surface area contributed by atoms with Crippen molar-refractivity contribution in [3.05, 3.63) is 47.5 Å². The molecule has 82 valence electrons. The summed E-state index contributed by atoms with van der Waals surface area (Å²) in [7, 11) is 0. The van der Waals surface area contributed by atoms with Gasteiger partial charge in [0.25, 0.3) is 0 Å². The molecule has 0 spiro atoms. The summed E-state index contributed by atoms with van der Waals surface area (Å²) in [5.74, 6) is -0.820. The molecule has 2 rings (SSSR count). The molecule has 0 amide bonds. The number of carbonyl (C=O) groups excluding carboxylic acids is 1. The van der Waals surface area contributed by atoms with Crippen molar-refractivity contribution in [1.29, 1.82) is 0 Å². The largest absolute Gasteiger partial charge is 0.294 e. The highest BCUT2D eigenvalue weighted by Gasteiger charge is 2.14. The highest BCUT2D eigenvalue weighted by Crippen LogP contribution is 2.18. The van der Waals surface area contributed by atoms with Crippen LogP contribution in [0.15, 0.2) is 30.5 Å². The van der Waals surface area contributed by atoms with Crippen LogP contribution in [0.25, 0.3) is 5.69 Å². The number of aryl methyl sites for hydroxylation is 1. The number of Topliss-reactive ketones (excluding diaryl/α,β-unsaturated/α-hetero) is 1. The number of nitrogens with zero attached hydrogens (tertiary/aromatic N) is 2. The average Bonchev–Trinajstić information content (AvgIpc) is 2.63. The highest BCUT2D eigenvalue weighted by atomic mass is 19.1. The van der Waals surface area contributed by atoms with Crippen molar-refractivity contribution in [1.82, 2.24) is 9.78 Å². The maximum Gasteiger partial charge on any atom is 0.164 e. The number of ketones is 1. The number of halogens is 1. The zero-order valence-electron chi connectivity index (χ0n) is 9.07. The minimum atomic E-state index is -0.516. The van der Waals surface area contributed by atoms with E-state index in [-0.39, 0.29) is 11.3 Å². The Morgan fingerprint density at radius 1 is 1.38 bits per heavy atom. The van der Waals surface area contributed by atoms with Crippen LogP contribution in [-0.2, 0) is 0 Å². The van der Waals surface area contributed by atoms with Gasteiger partial charge in [0, 0.05) is 6.20 Å². The second-order valence-corrected chi connectivity index (χ2v) is 3.59. The van der Waals surface area contributed by atoms with Gasteiger partial charge in [-0.15, -0.1) is 0 Å². The van der Waals surface area contributed by atoms with Crippen LogP contribution in [-0.4, -0.2) is 15.6 Å². The fourth-order valence-electron chi connectivity index (χ4n) is 1.60. The minimum absolute atomic E-state index is 0.0746. The van der Waals surface area contributed by atoms with E-state index in [4.69, 9.17) is 0 Å². The summed E-state index contributed by atoms with van der Waals surface area (Å²) >= 11 is 0. The van der Waals surface area contributed by atoms with Crippen LogP contribution in [0.4, 0.5) is 4.39 Å². The fraction of sp³-hybridized carbons (Fsp3) is 0.167. The maximum atomic E-state index is 13.5. The Morgan fingerprint density at radius 2 is 2.12 bits per heavy atom. The Labute approximate surface area is 92.5 Å². The van der Waals surface area contributed by atoms with Crippen LogP contribution in [0.2, 0.25) is 0 Å². The first-order valence-corrected chi connectivity index (χ1v) is 4.91. The van der Waals surface area contributed by atoms with E-state index in [1.807, 2.05) is 6.92 Å². The number of carbonyl (C=O) groups is 1. The molecule has 0 fully saturated rings. The molecule has 2 aromatic rings. The standard InChI is InChI=1S/C12H11FN2O/c1-8-6-7-15(14-8)11-5-3-4-10(13)12(11)9(2)16/h3-7H,1-2H3. The molecule has 0 saturated heterocycles. The lowest BCUT2D eigenvalue weighted by Crippen LogP contribution is -2.06. The van der Waals surface area contributed by atoms with Crippen molar-refractivity contribution in [2.75, 3.05) is 0 Å². The zero-order chi connectivity index (χ0) is 11.7. The molecule has 4 heteroatoms. The van der Waals surface area contributed by atoms with Gasteiger partial charge in [-0.05, 0) is 32.0 Å². The van der Waals surface area contributed by atoms with E-state index in [9.17, 15) is 9.18 Å². The van der Waals surface area contributed by atoms with Crippen LogP contribution >= 0.6 is 0 Å². The Morgan fingerprint density at radius 3 is 2.69 bits per heavy atom. The molecule has 0 saturated carbocycles. The average molecular weight is 218 g/mol. The third kappa shape index (κ3) is 1.74. The lowest BCUT2D eigenvalue weighted by molar-refractivity contribution is 0.101. The Bertz CT molecular complexity index is 546. The van der Waals surface area contributed by atoms with Gasteiger partial charge in [-0.25, -0.2) is 9.07 Å². The predicted octanol–water partition coefficient (Wildman–Crippen LogP) is 2.52. The Hall–Kier alpha value is -1.97. The van der Waals surface area contributed by atoms with Crippen LogP contribution in [0, 0.1) is 12.7 Å². The third-order valence-corrected chi connectivity index (χ3v) is 2.31. The van der Waals surface area contributed by atoms with Crippen LogP contribution < -0.4 is 0 Å². The summed E-state index contributed by atoms with van der Waals surface area (Å²) in [5.41, 5.74) is 1.37. The number of benzene rings is 1.